The van der Waals surface area contributed by atoms with Gasteiger partial charge in [-0.1, -0.05) is 33.1 Å². The fraction of sp³-hybridized carbons (Fsp3) is 0.786. The molecular weight excluding hydrogens is 325 g/mol. The molecule has 0 atom stereocenters. The molecule has 8 heteroatoms. The van der Waals surface area contributed by atoms with Gasteiger partial charge in [0.25, 0.3) is 0 Å². The van der Waals surface area contributed by atoms with Crippen molar-refractivity contribution in [2.45, 2.75) is 64.0 Å². The topological polar surface area (TPSA) is 85.8 Å². The first kappa shape index (κ1) is 21.1. The Labute approximate surface area is 144 Å². The van der Waals surface area contributed by atoms with Crippen molar-refractivity contribution in [1.29, 1.82) is 0 Å². The lowest BCUT2D eigenvalue weighted by atomic mass is 9.82. The van der Waals surface area contributed by atoms with Crippen LogP contribution in [0.3, 0.4) is 0 Å². The lowest BCUT2D eigenvalue weighted by Crippen LogP contribution is -2.55. The van der Waals surface area contributed by atoms with Crippen molar-refractivity contribution in [1.82, 2.24) is 20.1 Å². The zero-order valence-electron chi connectivity index (χ0n) is 13.2. The van der Waals surface area contributed by atoms with Crippen LogP contribution in [0.1, 0.15) is 57.7 Å². The Morgan fingerprint density at radius 1 is 1.36 bits per heavy atom. The van der Waals surface area contributed by atoms with Crippen molar-refractivity contribution in [3.05, 3.63) is 12.2 Å². The van der Waals surface area contributed by atoms with Crippen LogP contribution in [0.4, 0.5) is 0 Å². The number of carbonyl (C=O) groups excluding carboxylic acids is 1. The molecule has 3 N–H and O–H groups in total. The maximum Gasteiger partial charge on any atom is 0.240 e. The largest absolute Gasteiger partial charge is 0.353 e. The lowest BCUT2D eigenvalue weighted by molar-refractivity contribution is -0.127. The quantitative estimate of drug-likeness (QED) is 0.849. The highest BCUT2D eigenvalue weighted by atomic mass is 35.5. The fourth-order valence-electron chi connectivity index (χ4n) is 2.76. The monoisotopic (exact) mass is 351 g/mol. The van der Waals surface area contributed by atoms with Crippen molar-refractivity contribution in [2.24, 2.45) is 5.73 Å². The minimum atomic E-state index is -0.660. The van der Waals surface area contributed by atoms with Gasteiger partial charge in [-0.05, 0) is 12.8 Å². The molecular formula is C14H27Cl2N5O. The van der Waals surface area contributed by atoms with Gasteiger partial charge in [0.05, 0.1) is 5.54 Å². The Hall–Kier alpha value is -0.850. The van der Waals surface area contributed by atoms with Gasteiger partial charge in [0.2, 0.25) is 5.91 Å². The van der Waals surface area contributed by atoms with E-state index < -0.39 is 5.54 Å². The summed E-state index contributed by atoms with van der Waals surface area (Å²) in [7, 11) is 0. The van der Waals surface area contributed by atoms with E-state index in [2.05, 4.69) is 29.4 Å². The molecule has 0 unspecified atom stereocenters. The van der Waals surface area contributed by atoms with E-state index in [4.69, 9.17) is 5.73 Å². The normalized spacial score (nSPS) is 16.5. The first-order valence-corrected chi connectivity index (χ1v) is 7.48. The minimum Gasteiger partial charge on any atom is -0.353 e. The summed E-state index contributed by atoms with van der Waals surface area (Å²) in [5.41, 5.74) is 5.54. The van der Waals surface area contributed by atoms with Gasteiger partial charge in [0.15, 0.2) is 0 Å². The van der Waals surface area contributed by atoms with Crippen LogP contribution in [0.25, 0.3) is 0 Å². The summed E-state index contributed by atoms with van der Waals surface area (Å²) in [5.74, 6) is 1.25. The Kier molecular flexibility index (Phi) is 8.96. The van der Waals surface area contributed by atoms with Crippen LogP contribution in [0.5, 0.6) is 0 Å². The van der Waals surface area contributed by atoms with E-state index in [1.807, 2.05) is 4.57 Å². The summed E-state index contributed by atoms with van der Waals surface area (Å²) in [4.78, 5) is 12.2. The van der Waals surface area contributed by atoms with E-state index in [9.17, 15) is 4.79 Å². The predicted octanol–water partition coefficient (Wildman–Crippen LogP) is 2.02. The number of carbonyl (C=O) groups is 1. The van der Waals surface area contributed by atoms with Gasteiger partial charge in [-0.15, -0.1) is 35.0 Å². The molecule has 1 saturated carbocycles. The molecule has 0 bridgehead atoms. The van der Waals surface area contributed by atoms with E-state index in [1.54, 1.807) is 6.33 Å². The van der Waals surface area contributed by atoms with Crippen molar-refractivity contribution in [2.75, 3.05) is 6.54 Å². The van der Waals surface area contributed by atoms with E-state index >= 15 is 0 Å². The van der Waals surface area contributed by atoms with Crippen molar-refractivity contribution >= 4 is 30.7 Å². The van der Waals surface area contributed by atoms with Crippen LogP contribution in [0.15, 0.2) is 6.33 Å². The standard InChI is InChI=1S/C14H25N5O.2ClH/c1-11(2)12-18-17-10-19(12)9-8-16-13(20)14(15)6-4-3-5-7-14;;/h10-11H,3-9,15H2,1-2H3,(H,16,20);2*1H. The number of amides is 1. The van der Waals surface area contributed by atoms with Gasteiger partial charge < -0.3 is 15.6 Å². The third-order valence-corrected chi connectivity index (χ3v) is 4.00. The molecule has 22 heavy (non-hydrogen) atoms. The summed E-state index contributed by atoms with van der Waals surface area (Å²) in [6, 6.07) is 0. The van der Waals surface area contributed by atoms with E-state index in [0.29, 0.717) is 19.0 Å². The van der Waals surface area contributed by atoms with Gasteiger partial charge in [0.1, 0.15) is 12.2 Å². The molecule has 0 radical (unpaired) electrons. The molecule has 2 rings (SSSR count). The summed E-state index contributed by atoms with van der Waals surface area (Å²) in [5, 5.41) is 11.0. The first-order valence-electron chi connectivity index (χ1n) is 7.48. The fourth-order valence-corrected chi connectivity index (χ4v) is 2.76. The smallest absolute Gasteiger partial charge is 0.240 e. The van der Waals surface area contributed by atoms with Gasteiger partial charge >= 0.3 is 0 Å². The van der Waals surface area contributed by atoms with Gasteiger partial charge in [-0.2, -0.15) is 0 Å². The SMILES string of the molecule is CC(C)c1nncn1CCNC(=O)C1(N)CCCCC1.Cl.Cl. The molecule has 0 saturated heterocycles. The molecule has 0 aliphatic heterocycles. The van der Waals surface area contributed by atoms with E-state index in [0.717, 1.165) is 31.5 Å². The highest BCUT2D eigenvalue weighted by Gasteiger charge is 2.34. The molecule has 1 aliphatic rings. The molecule has 1 heterocycles. The zero-order chi connectivity index (χ0) is 14.6. The predicted molar refractivity (Wildman–Crippen MR) is 91.6 cm³/mol. The van der Waals surface area contributed by atoms with Gasteiger partial charge in [-0.25, -0.2) is 0 Å². The molecule has 1 fully saturated rings. The molecule has 1 amide bonds. The summed E-state index contributed by atoms with van der Waals surface area (Å²) in [6.07, 6.45) is 6.58. The van der Waals surface area contributed by atoms with Gasteiger partial charge in [-0.3, -0.25) is 4.79 Å². The highest BCUT2D eigenvalue weighted by Crippen LogP contribution is 2.25. The number of nitrogens with two attached hydrogens (primary N) is 1. The highest BCUT2D eigenvalue weighted by molar-refractivity contribution is 5.86. The molecule has 128 valence electrons. The van der Waals surface area contributed by atoms with Gasteiger partial charge in [0, 0.05) is 19.0 Å². The van der Waals surface area contributed by atoms with Crippen molar-refractivity contribution < 1.29 is 4.79 Å². The Balaban J connectivity index is 0.00000220. The number of hydrogen-bond acceptors (Lipinski definition) is 4. The minimum absolute atomic E-state index is 0. The molecule has 6 nitrogen and oxygen atoms in total. The van der Waals surface area contributed by atoms with Crippen molar-refractivity contribution in [3.8, 4) is 0 Å². The summed E-state index contributed by atoms with van der Waals surface area (Å²) in [6.45, 7) is 5.41. The third kappa shape index (κ3) is 5.11. The Bertz CT molecular complexity index is 458. The van der Waals surface area contributed by atoms with Crippen LogP contribution in [0.2, 0.25) is 0 Å². The Morgan fingerprint density at radius 3 is 2.59 bits per heavy atom. The third-order valence-electron chi connectivity index (χ3n) is 4.00. The number of hydrogen-bond donors (Lipinski definition) is 2. The molecule has 1 aliphatic carbocycles. The number of aromatic nitrogens is 3. The number of halogens is 2. The lowest BCUT2D eigenvalue weighted by Gasteiger charge is -2.31. The second kappa shape index (κ2) is 9.33. The van der Waals surface area contributed by atoms with Crippen LogP contribution >= 0.6 is 24.8 Å². The van der Waals surface area contributed by atoms with Crippen molar-refractivity contribution in [3.63, 3.8) is 0 Å². The summed E-state index contributed by atoms with van der Waals surface area (Å²) >= 11 is 0. The second-order valence-corrected chi connectivity index (χ2v) is 6.01. The van der Waals surface area contributed by atoms with E-state index in [1.165, 1.54) is 6.42 Å². The number of nitrogens with zero attached hydrogens (tertiary/aromatic N) is 3. The maximum absolute atomic E-state index is 12.2. The first-order chi connectivity index (χ1) is 9.53. The zero-order valence-corrected chi connectivity index (χ0v) is 14.9. The average molecular weight is 352 g/mol. The maximum atomic E-state index is 12.2. The number of rotatable bonds is 5. The van der Waals surface area contributed by atoms with E-state index in [-0.39, 0.29) is 30.7 Å². The molecule has 1 aromatic heterocycles. The van der Waals surface area contributed by atoms with Crippen LogP contribution < -0.4 is 11.1 Å². The van der Waals surface area contributed by atoms with Crippen LogP contribution in [0, 0.1) is 0 Å². The molecule has 1 aromatic rings. The molecule has 0 aromatic carbocycles. The summed E-state index contributed by atoms with van der Waals surface area (Å²) < 4.78 is 1.98. The number of nitrogens with one attached hydrogen (secondary N) is 1. The molecule has 0 spiro atoms. The average Bonchev–Trinajstić information content (AvgIpc) is 2.88. The van der Waals surface area contributed by atoms with Crippen LogP contribution in [-0.2, 0) is 11.3 Å². The second-order valence-electron chi connectivity index (χ2n) is 6.01. The van der Waals surface area contributed by atoms with Crippen LogP contribution in [-0.4, -0.2) is 32.8 Å². The Morgan fingerprint density at radius 2 is 2.00 bits per heavy atom.